The van der Waals surface area contributed by atoms with Gasteiger partial charge in [-0.05, 0) is 19.4 Å². The quantitative estimate of drug-likeness (QED) is 0.771. The van der Waals surface area contributed by atoms with Crippen molar-refractivity contribution >= 4 is 0 Å². The van der Waals surface area contributed by atoms with Crippen LogP contribution in [0, 0.1) is 0 Å². The van der Waals surface area contributed by atoms with Crippen LogP contribution in [0.25, 0.3) is 0 Å². The van der Waals surface area contributed by atoms with Gasteiger partial charge in [0.15, 0.2) is 0 Å². The van der Waals surface area contributed by atoms with E-state index in [9.17, 15) is 0 Å². The fraction of sp³-hybridized carbons (Fsp3) is 0.500. The van der Waals surface area contributed by atoms with E-state index < -0.39 is 0 Å². The highest BCUT2D eigenvalue weighted by Crippen LogP contribution is 2.21. The molecule has 14 heavy (non-hydrogen) atoms. The van der Waals surface area contributed by atoms with Gasteiger partial charge in [-0.3, -0.25) is 5.32 Å². The molecule has 0 amide bonds. The lowest BCUT2D eigenvalue weighted by Gasteiger charge is -2.24. The Balaban J connectivity index is 2.04. The highest BCUT2D eigenvalue weighted by molar-refractivity contribution is 5.17. The molecule has 2 rings (SSSR count). The first-order valence-electron chi connectivity index (χ1n) is 5.15. The van der Waals surface area contributed by atoms with Crippen molar-refractivity contribution < 1.29 is 4.74 Å². The number of ether oxygens (including phenoxy) is 1. The van der Waals surface area contributed by atoms with Crippen LogP contribution in [0.2, 0.25) is 0 Å². The van der Waals surface area contributed by atoms with Crippen molar-refractivity contribution in [1.82, 2.24) is 5.32 Å². The fourth-order valence-corrected chi connectivity index (χ4v) is 1.98. The summed E-state index contributed by atoms with van der Waals surface area (Å²) < 4.78 is 5.84. The summed E-state index contributed by atoms with van der Waals surface area (Å²) in [6.45, 7) is 5.16. The van der Waals surface area contributed by atoms with Gasteiger partial charge in [-0.2, -0.15) is 0 Å². The van der Waals surface area contributed by atoms with Gasteiger partial charge < -0.3 is 4.74 Å². The summed E-state index contributed by atoms with van der Waals surface area (Å²) in [6.07, 6.45) is 1.25. The summed E-state index contributed by atoms with van der Waals surface area (Å²) >= 11 is 0. The number of hydrogen-bond donors (Lipinski definition) is 1. The molecular formula is C12H17NO. The summed E-state index contributed by atoms with van der Waals surface area (Å²) in [5, 5.41) is 3.41. The average molecular weight is 191 g/mol. The van der Waals surface area contributed by atoms with E-state index >= 15 is 0 Å². The molecule has 1 aliphatic rings. The van der Waals surface area contributed by atoms with Crippen LogP contribution < -0.4 is 5.32 Å². The summed E-state index contributed by atoms with van der Waals surface area (Å²) in [7, 11) is 0. The lowest BCUT2D eigenvalue weighted by atomic mass is 10.0. The fourth-order valence-electron chi connectivity index (χ4n) is 1.98. The second-order valence-electron chi connectivity index (χ2n) is 4.20. The van der Waals surface area contributed by atoms with Crippen molar-refractivity contribution in [3.05, 3.63) is 35.9 Å². The van der Waals surface area contributed by atoms with Crippen LogP contribution >= 0.6 is 0 Å². The molecule has 1 aromatic rings. The van der Waals surface area contributed by atoms with Gasteiger partial charge in [-0.1, -0.05) is 30.3 Å². The van der Waals surface area contributed by atoms with Gasteiger partial charge in [0.1, 0.15) is 5.72 Å². The van der Waals surface area contributed by atoms with E-state index in [0.29, 0.717) is 6.10 Å². The first-order chi connectivity index (χ1) is 6.68. The standard InChI is InChI=1S/C12H17NO/c1-10-9-13-12(2,14-10)8-11-6-4-3-5-7-11/h3-7,10,13H,8-9H2,1-2H3. The molecular weight excluding hydrogens is 174 g/mol. The average Bonchev–Trinajstić information content (AvgIpc) is 2.47. The maximum Gasteiger partial charge on any atom is 0.120 e. The first kappa shape index (κ1) is 9.69. The normalized spacial score (nSPS) is 32.0. The molecule has 0 aromatic heterocycles. The molecule has 1 N–H and O–H groups in total. The maximum absolute atomic E-state index is 5.84. The lowest BCUT2D eigenvalue weighted by Crippen LogP contribution is -2.39. The molecule has 1 fully saturated rings. The van der Waals surface area contributed by atoms with Crippen LogP contribution in [0.15, 0.2) is 30.3 Å². The third-order valence-electron chi connectivity index (χ3n) is 2.61. The molecule has 2 heteroatoms. The van der Waals surface area contributed by atoms with E-state index in [0.717, 1.165) is 13.0 Å². The van der Waals surface area contributed by atoms with E-state index in [2.05, 4.69) is 43.4 Å². The Kier molecular flexibility index (Phi) is 2.57. The third-order valence-corrected chi connectivity index (χ3v) is 2.61. The molecule has 1 aliphatic heterocycles. The van der Waals surface area contributed by atoms with Crippen LogP contribution in [0.5, 0.6) is 0 Å². The molecule has 2 unspecified atom stereocenters. The SMILES string of the molecule is CC1CNC(C)(Cc2ccccc2)O1. The lowest BCUT2D eigenvalue weighted by molar-refractivity contribution is -0.0292. The summed E-state index contributed by atoms with van der Waals surface area (Å²) in [6, 6.07) is 10.4. The molecule has 0 spiro atoms. The molecule has 0 aliphatic carbocycles. The van der Waals surface area contributed by atoms with Crippen LogP contribution in [-0.4, -0.2) is 18.4 Å². The largest absolute Gasteiger partial charge is 0.356 e. The van der Waals surface area contributed by atoms with Crippen molar-refractivity contribution in [1.29, 1.82) is 0 Å². The van der Waals surface area contributed by atoms with Gasteiger partial charge in [0, 0.05) is 13.0 Å². The van der Waals surface area contributed by atoms with Gasteiger partial charge in [-0.25, -0.2) is 0 Å². The molecule has 76 valence electrons. The van der Waals surface area contributed by atoms with Gasteiger partial charge in [0.05, 0.1) is 6.10 Å². The molecule has 0 bridgehead atoms. The Morgan fingerprint density at radius 1 is 1.43 bits per heavy atom. The zero-order valence-corrected chi connectivity index (χ0v) is 8.79. The summed E-state index contributed by atoms with van der Waals surface area (Å²) in [4.78, 5) is 0. The van der Waals surface area contributed by atoms with E-state index in [-0.39, 0.29) is 5.72 Å². The summed E-state index contributed by atoms with van der Waals surface area (Å²) in [5.41, 5.74) is 1.14. The number of hydrogen-bond acceptors (Lipinski definition) is 2. The molecule has 2 atom stereocenters. The van der Waals surface area contributed by atoms with E-state index in [4.69, 9.17) is 4.74 Å². The van der Waals surface area contributed by atoms with Gasteiger partial charge >= 0.3 is 0 Å². The van der Waals surface area contributed by atoms with Gasteiger partial charge in [0.2, 0.25) is 0 Å². The molecule has 1 heterocycles. The van der Waals surface area contributed by atoms with Crippen LogP contribution in [-0.2, 0) is 11.2 Å². The monoisotopic (exact) mass is 191 g/mol. The predicted molar refractivity (Wildman–Crippen MR) is 57.1 cm³/mol. The second kappa shape index (κ2) is 3.71. The third kappa shape index (κ3) is 2.14. The zero-order valence-electron chi connectivity index (χ0n) is 8.79. The van der Waals surface area contributed by atoms with Gasteiger partial charge in [-0.15, -0.1) is 0 Å². The molecule has 0 radical (unpaired) electrons. The molecule has 2 nitrogen and oxygen atoms in total. The van der Waals surface area contributed by atoms with Crippen LogP contribution in [0.1, 0.15) is 19.4 Å². The predicted octanol–water partition coefficient (Wildman–Crippen LogP) is 1.95. The van der Waals surface area contributed by atoms with E-state index in [1.165, 1.54) is 5.56 Å². The zero-order chi connectivity index (χ0) is 10.0. The van der Waals surface area contributed by atoms with Crippen LogP contribution in [0.4, 0.5) is 0 Å². The minimum atomic E-state index is -0.180. The number of nitrogens with one attached hydrogen (secondary N) is 1. The van der Waals surface area contributed by atoms with Crippen molar-refractivity contribution in [3.8, 4) is 0 Å². The highest BCUT2D eigenvalue weighted by atomic mass is 16.5. The highest BCUT2D eigenvalue weighted by Gasteiger charge is 2.33. The Morgan fingerprint density at radius 3 is 2.71 bits per heavy atom. The molecule has 1 aromatic carbocycles. The van der Waals surface area contributed by atoms with E-state index in [1.54, 1.807) is 0 Å². The van der Waals surface area contributed by atoms with E-state index in [1.807, 2.05) is 6.07 Å². The summed E-state index contributed by atoms with van der Waals surface area (Å²) in [5.74, 6) is 0. The van der Waals surface area contributed by atoms with Crippen molar-refractivity contribution in [2.24, 2.45) is 0 Å². The Labute approximate surface area is 85.3 Å². The minimum absolute atomic E-state index is 0.180. The van der Waals surface area contributed by atoms with Crippen molar-refractivity contribution in [3.63, 3.8) is 0 Å². The number of rotatable bonds is 2. The topological polar surface area (TPSA) is 21.3 Å². The Morgan fingerprint density at radius 2 is 2.14 bits per heavy atom. The second-order valence-corrected chi connectivity index (χ2v) is 4.20. The van der Waals surface area contributed by atoms with Crippen molar-refractivity contribution in [2.45, 2.75) is 32.1 Å². The first-order valence-corrected chi connectivity index (χ1v) is 5.15. The van der Waals surface area contributed by atoms with Crippen molar-refractivity contribution in [2.75, 3.05) is 6.54 Å². The van der Waals surface area contributed by atoms with Crippen LogP contribution in [0.3, 0.4) is 0 Å². The molecule has 0 saturated carbocycles. The number of benzene rings is 1. The maximum atomic E-state index is 5.84. The minimum Gasteiger partial charge on any atom is -0.356 e. The van der Waals surface area contributed by atoms with Gasteiger partial charge in [0.25, 0.3) is 0 Å². The Bertz CT molecular complexity index is 298. The smallest absolute Gasteiger partial charge is 0.120 e. The molecule has 1 saturated heterocycles. The Hall–Kier alpha value is -0.860.